The second-order valence-electron chi connectivity index (χ2n) is 5.75. The van der Waals surface area contributed by atoms with Crippen LogP contribution in [0, 0.1) is 0 Å². The quantitative estimate of drug-likeness (QED) is 0.756. The van der Waals surface area contributed by atoms with Gasteiger partial charge in [0, 0.05) is 31.1 Å². The highest BCUT2D eigenvalue weighted by Gasteiger charge is 2.31. The minimum atomic E-state index is -0.0849. The summed E-state index contributed by atoms with van der Waals surface area (Å²) in [6.07, 6.45) is 3.48. The third-order valence-corrected chi connectivity index (χ3v) is 3.66. The number of anilines is 2. The zero-order valence-electron chi connectivity index (χ0n) is 10.6. The Morgan fingerprint density at radius 2 is 1.94 bits per heavy atom. The summed E-state index contributed by atoms with van der Waals surface area (Å²) >= 11 is 0. The maximum absolute atomic E-state index is 6.16. The number of nitrogens with two attached hydrogens (primary N) is 1. The summed E-state index contributed by atoms with van der Waals surface area (Å²) in [7, 11) is 0. The van der Waals surface area contributed by atoms with Crippen LogP contribution in [0.25, 0.3) is 0 Å². The standard InChI is InChI=1S/C14H20N2O/c1-14(2)9-10-7-11(15)12(8-13(10)17-14)16-5-3-4-6-16/h7-8H,3-6,9,15H2,1-2H3. The highest BCUT2D eigenvalue weighted by Crippen LogP contribution is 2.41. The third kappa shape index (κ3) is 1.84. The van der Waals surface area contributed by atoms with Crippen LogP contribution in [0.5, 0.6) is 5.75 Å². The van der Waals surface area contributed by atoms with Crippen LogP contribution in [-0.4, -0.2) is 18.7 Å². The largest absolute Gasteiger partial charge is 0.487 e. The van der Waals surface area contributed by atoms with E-state index in [1.807, 2.05) is 0 Å². The Labute approximate surface area is 103 Å². The lowest BCUT2D eigenvalue weighted by molar-refractivity contribution is 0.138. The third-order valence-electron chi connectivity index (χ3n) is 3.66. The van der Waals surface area contributed by atoms with Crippen LogP contribution in [0.3, 0.4) is 0 Å². The molecule has 0 aliphatic carbocycles. The van der Waals surface area contributed by atoms with Crippen LogP contribution in [0.1, 0.15) is 32.3 Å². The molecular formula is C14H20N2O. The zero-order valence-corrected chi connectivity index (χ0v) is 10.6. The van der Waals surface area contributed by atoms with Crippen molar-refractivity contribution in [1.82, 2.24) is 0 Å². The minimum absolute atomic E-state index is 0.0849. The van der Waals surface area contributed by atoms with Crippen LogP contribution in [0.2, 0.25) is 0 Å². The van der Waals surface area contributed by atoms with Crippen molar-refractivity contribution in [2.75, 3.05) is 23.7 Å². The normalized spacial score (nSPS) is 21.4. The molecule has 92 valence electrons. The van der Waals surface area contributed by atoms with Gasteiger partial charge < -0.3 is 15.4 Å². The van der Waals surface area contributed by atoms with Gasteiger partial charge in [-0.15, -0.1) is 0 Å². The van der Waals surface area contributed by atoms with Gasteiger partial charge in [-0.3, -0.25) is 0 Å². The van der Waals surface area contributed by atoms with E-state index in [-0.39, 0.29) is 5.60 Å². The van der Waals surface area contributed by atoms with Crippen LogP contribution in [0.4, 0.5) is 11.4 Å². The smallest absolute Gasteiger partial charge is 0.125 e. The lowest BCUT2D eigenvalue weighted by Gasteiger charge is -2.21. The molecule has 0 unspecified atom stereocenters. The van der Waals surface area contributed by atoms with Crippen molar-refractivity contribution in [1.29, 1.82) is 0 Å². The Hall–Kier alpha value is -1.38. The molecule has 2 heterocycles. The van der Waals surface area contributed by atoms with E-state index in [4.69, 9.17) is 10.5 Å². The Kier molecular flexibility index (Phi) is 2.25. The lowest BCUT2D eigenvalue weighted by atomic mass is 10.0. The molecule has 1 aromatic carbocycles. The Morgan fingerprint density at radius 1 is 1.24 bits per heavy atom. The summed E-state index contributed by atoms with van der Waals surface area (Å²) in [4.78, 5) is 2.37. The number of nitrogen functional groups attached to an aromatic ring is 1. The molecule has 2 aliphatic heterocycles. The van der Waals surface area contributed by atoms with Crippen molar-refractivity contribution in [3.05, 3.63) is 17.7 Å². The number of fused-ring (bicyclic) bond motifs is 1. The molecule has 1 saturated heterocycles. The molecule has 3 rings (SSSR count). The van der Waals surface area contributed by atoms with Crippen molar-refractivity contribution < 1.29 is 4.74 Å². The fourth-order valence-corrected chi connectivity index (χ4v) is 2.89. The first-order chi connectivity index (χ1) is 8.05. The summed E-state index contributed by atoms with van der Waals surface area (Å²) < 4.78 is 5.97. The van der Waals surface area contributed by atoms with Gasteiger partial charge in [0.1, 0.15) is 11.4 Å². The minimum Gasteiger partial charge on any atom is -0.487 e. The molecule has 0 amide bonds. The van der Waals surface area contributed by atoms with Crippen molar-refractivity contribution >= 4 is 11.4 Å². The molecule has 0 atom stereocenters. The number of hydrogen-bond donors (Lipinski definition) is 1. The van der Waals surface area contributed by atoms with Gasteiger partial charge in [0.25, 0.3) is 0 Å². The molecule has 2 aliphatic rings. The van der Waals surface area contributed by atoms with Crippen LogP contribution >= 0.6 is 0 Å². The molecule has 3 nitrogen and oxygen atoms in total. The fourth-order valence-electron chi connectivity index (χ4n) is 2.89. The highest BCUT2D eigenvalue weighted by atomic mass is 16.5. The average molecular weight is 232 g/mol. The fraction of sp³-hybridized carbons (Fsp3) is 0.571. The molecule has 2 N–H and O–H groups in total. The maximum atomic E-state index is 6.16. The van der Waals surface area contributed by atoms with Gasteiger partial charge >= 0.3 is 0 Å². The number of benzene rings is 1. The van der Waals surface area contributed by atoms with Crippen molar-refractivity contribution in [3.63, 3.8) is 0 Å². The second-order valence-corrected chi connectivity index (χ2v) is 5.75. The van der Waals surface area contributed by atoms with Gasteiger partial charge in [-0.25, -0.2) is 0 Å². The number of nitrogens with zero attached hydrogens (tertiary/aromatic N) is 1. The summed E-state index contributed by atoms with van der Waals surface area (Å²) in [5, 5.41) is 0. The van der Waals surface area contributed by atoms with Crippen molar-refractivity contribution in [3.8, 4) is 5.75 Å². The van der Waals surface area contributed by atoms with E-state index in [1.54, 1.807) is 0 Å². The van der Waals surface area contributed by atoms with E-state index >= 15 is 0 Å². The predicted octanol–water partition coefficient (Wildman–Crippen LogP) is 2.58. The maximum Gasteiger partial charge on any atom is 0.125 e. The van der Waals surface area contributed by atoms with E-state index in [0.717, 1.165) is 36.6 Å². The Morgan fingerprint density at radius 3 is 2.65 bits per heavy atom. The first-order valence-electron chi connectivity index (χ1n) is 6.41. The molecule has 0 bridgehead atoms. The van der Waals surface area contributed by atoms with E-state index in [2.05, 4.69) is 30.9 Å². The molecule has 3 heteroatoms. The summed E-state index contributed by atoms with van der Waals surface area (Å²) in [5.74, 6) is 1.02. The molecule has 0 spiro atoms. The number of ether oxygens (including phenoxy) is 1. The molecular weight excluding hydrogens is 212 g/mol. The van der Waals surface area contributed by atoms with Gasteiger partial charge in [-0.2, -0.15) is 0 Å². The van der Waals surface area contributed by atoms with Crippen LogP contribution < -0.4 is 15.4 Å². The molecule has 17 heavy (non-hydrogen) atoms. The number of hydrogen-bond acceptors (Lipinski definition) is 3. The first kappa shape index (κ1) is 10.8. The zero-order chi connectivity index (χ0) is 12.0. The van der Waals surface area contributed by atoms with E-state index in [9.17, 15) is 0 Å². The van der Waals surface area contributed by atoms with Gasteiger partial charge in [0.05, 0.1) is 11.4 Å². The van der Waals surface area contributed by atoms with Crippen molar-refractivity contribution in [2.45, 2.75) is 38.7 Å². The topological polar surface area (TPSA) is 38.5 Å². The second kappa shape index (κ2) is 3.56. The van der Waals surface area contributed by atoms with Gasteiger partial charge in [-0.1, -0.05) is 0 Å². The average Bonchev–Trinajstić information content (AvgIpc) is 2.81. The van der Waals surface area contributed by atoms with E-state index < -0.39 is 0 Å². The summed E-state index contributed by atoms with van der Waals surface area (Å²) in [5.41, 5.74) is 9.37. The van der Waals surface area contributed by atoms with Gasteiger partial charge in [0.15, 0.2) is 0 Å². The van der Waals surface area contributed by atoms with E-state index in [1.165, 1.54) is 18.4 Å². The Bertz CT molecular complexity index is 448. The lowest BCUT2D eigenvalue weighted by Crippen LogP contribution is -2.24. The van der Waals surface area contributed by atoms with Gasteiger partial charge in [0.2, 0.25) is 0 Å². The van der Waals surface area contributed by atoms with Crippen LogP contribution in [0.15, 0.2) is 12.1 Å². The summed E-state index contributed by atoms with van der Waals surface area (Å²) in [6.45, 7) is 6.48. The molecule has 0 radical (unpaired) electrons. The monoisotopic (exact) mass is 232 g/mol. The van der Waals surface area contributed by atoms with E-state index in [0.29, 0.717) is 0 Å². The first-order valence-corrected chi connectivity index (χ1v) is 6.41. The summed E-state index contributed by atoms with van der Waals surface area (Å²) in [6, 6.07) is 4.22. The SMILES string of the molecule is CC1(C)Cc2cc(N)c(N3CCCC3)cc2O1. The van der Waals surface area contributed by atoms with Crippen LogP contribution in [-0.2, 0) is 6.42 Å². The van der Waals surface area contributed by atoms with Gasteiger partial charge in [-0.05, 0) is 32.8 Å². The molecule has 1 fully saturated rings. The highest BCUT2D eigenvalue weighted by molar-refractivity contribution is 5.72. The number of rotatable bonds is 1. The molecule has 1 aromatic rings. The molecule has 0 saturated carbocycles. The van der Waals surface area contributed by atoms with Crippen molar-refractivity contribution in [2.24, 2.45) is 0 Å². The molecule has 0 aromatic heterocycles. The predicted molar refractivity (Wildman–Crippen MR) is 70.7 cm³/mol. The Balaban J connectivity index is 1.97.